The molecular formula is C11H15N5O3. The Balaban J connectivity index is 2.38. The number of imide groups is 1. The number of nitrogens with zero attached hydrogens (tertiary/aromatic N) is 3. The SMILES string of the molecule is Cc1nn(C)c(C(=O)N2CC(=O)NC(=O)C2C)c1N. The van der Waals surface area contributed by atoms with Crippen molar-refractivity contribution in [2.75, 3.05) is 12.3 Å². The lowest BCUT2D eigenvalue weighted by Gasteiger charge is -2.31. The van der Waals surface area contributed by atoms with Crippen molar-refractivity contribution in [3.63, 3.8) is 0 Å². The van der Waals surface area contributed by atoms with E-state index >= 15 is 0 Å². The highest BCUT2D eigenvalue weighted by Gasteiger charge is 2.36. The number of nitrogen functional groups attached to an aromatic ring is 1. The maximum absolute atomic E-state index is 12.4. The molecule has 0 aromatic carbocycles. The topological polar surface area (TPSA) is 110 Å². The lowest BCUT2D eigenvalue weighted by molar-refractivity contribution is -0.138. The summed E-state index contributed by atoms with van der Waals surface area (Å²) in [5, 5.41) is 6.22. The van der Waals surface area contributed by atoms with Crippen LogP contribution >= 0.6 is 0 Å². The molecule has 3 amide bonds. The zero-order valence-corrected chi connectivity index (χ0v) is 10.9. The molecule has 8 heteroatoms. The van der Waals surface area contributed by atoms with Crippen molar-refractivity contribution in [1.82, 2.24) is 20.0 Å². The van der Waals surface area contributed by atoms with Gasteiger partial charge in [-0.25, -0.2) is 0 Å². The van der Waals surface area contributed by atoms with Crippen LogP contribution in [0.25, 0.3) is 0 Å². The van der Waals surface area contributed by atoms with E-state index in [4.69, 9.17) is 5.73 Å². The third-order valence-corrected chi connectivity index (χ3v) is 3.16. The number of amides is 3. The molecule has 1 atom stereocenters. The number of anilines is 1. The number of nitrogens with one attached hydrogen (secondary N) is 1. The third-order valence-electron chi connectivity index (χ3n) is 3.16. The molecule has 19 heavy (non-hydrogen) atoms. The van der Waals surface area contributed by atoms with Gasteiger partial charge in [-0.2, -0.15) is 5.10 Å². The normalized spacial score (nSPS) is 19.5. The lowest BCUT2D eigenvalue weighted by Crippen LogP contribution is -2.58. The second kappa shape index (κ2) is 4.38. The van der Waals surface area contributed by atoms with E-state index in [2.05, 4.69) is 10.4 Å². The Bertz CT molecular complexity index is 577. The molecule has 1 unspecified atom stereocenters. The van der Waals surface area contributed by atoms with E-state index in [1.54, 1.807) is 20.9 Å². The molecule has 2 heterocycles. The van der Waals surface area contributed by atoms with Crippen molar-refractivity contribution in [2.45, 2.75) is 19.9 Å². The van der Waals surface area contributed by atoms with Crippen LogP contribution in [0.4, 0.5) is 5.69 Å². The quantitative estimate of drug-likeness (QED) is 0.619. The summed E-state index contributed by atoms with van der Waals surface area (Å²) in [6.45, 7) is 3.07. The largest absolute Gasteiger partial charge is 0.395 e. The summed E-state index contributed by atoms with van der Waals surface area (Å²) < 4.78 is 1.36. The average molecular weight is 265 g/mol. The van der Waals surface area contributed by atoms with Gasteiger partial charge in [0.1, 0.15) is 18.3 Å². The van der Waals surface area contributed by atoms with E-state index in [9.17, 15) is 14.4 Å². The summed E-state index contributed by atoms with van der Waals surface area (Å²) in [6, 6.07) is -0.722. The molecule has 1 aromatic heterocycles. The number of nitrogens with two attached hydrogens (primary N) is 1. The van der Waals surface area contributed by atoms with Crippen LogP contribution in [0.2, 0.25) is 0 Å². The molecular weight excluding hydrogens is 250 g/mol. The van der Waals surface area contributed by atoms with Crippen LogP contribution < -0.4 is 11.1 Å². The van der Waals surface area contributed by atoms with Crippen LogP contribution in [-0.2, 0) is 16.6 Å². The van der Waals surface area contributed by atoms with Gasteiger partial charge in [-0.15, -0.1) is 0 Å². The second-order valence-corrected chi connectivity index (χ2v) is 4.49. The van der Waals surface area contributed by atoms with Crippen molar-refractivity contribution in [3.05, 3.63) is 11.4 Å². The molecule has 0 aliphatic carbocycles. The van der Waals surface area contributed by atoms with Gasteiger partial charge < -0.3 is 10.6 Å². The first-order valence-corrected chi connectivity index (χ1v) is 5.76. The van der Waals surface area contributed by atoms with E-state index < -0.39 is 23.8 Å². The minimum absolute atomic E-state index is 0.171. The van der Waals surface area contributed by atoms with Crippen LogP contribution in [0, 0.1) is 6.92 Å². The minimum atomic E-state index is -0.722. The Labute approximate surface area is 109 Å². The number of rotatable bonds is 1. The molecule has 3 N–H and O–H groups in total. The molecule has 0 bridgehead atoms. The fourth-order valence-electron chi connectivity index (χ4n) is 2.03. The van der Waals surface area contributed by atoms with Gasteiger partial charge in [0.15, 0.2) is 0 Å². The zero-order chi connectivity index (χ0) is 14.3. The van der Waals surface area contributed by atoms with Crippen molar-refractivity contribution in [1.29, 1.82) is 0 Å². The summed E-state index contributed by atoms with van der Waals surface area (Å²) in [5.41, 5.74) is 6.79. The number of piperazine rings is 1. The molecule has 2 rings (SSSR count). The standard InChI is InChI=1S/C11H15N5O3/c1-5-8(12)9(15(3)14-5)11(19)16-4-7(17)13-10(18)6(16)2/h6H,4,12H2,1-3H3,(H,13,17,18). The smallest absolute Gasteiger partial charge is 0.275 e. The maximum Gasteiger partial charge on any atom is 0.275 e. The zero-order valence-electron chi connectivity index (χ0n) is 10.9. The summed E-state index contributed by atoms with van der Waals surface area (Å²) in [6.07, 6.45) is 0. The van der Waals surface area contributed by atoms with Gasteiger partial charge in [0.25, 0.3) is 5.91 Å². The number of carbonyl (C=O) groups excluding carboxylic acids is 3. The molecule has 0 radical (unpaired) electrons. The third kappa shape index (κ3) is 2.05. The first-order valence-electron chi connectivity index (χ1n) is 5.76. The van der Waals surface area contributed by atoms with Gasteiger partial charge in [-0.3, -0.25) is 24.4 Å². The Morgan fingerprint density at radius 2 is 2.11 bits per heavy atom. The minimum Gasteiger partial charge on any atom is -0.395 e. The molecule has 1 saturated heterocycles. The highest BCUT2D eigenvalue weighted by Crippen LogP contribution is 2.19. The van der Waals surface area contributed by atoms with Gasteiger partial charge in [-0.05, 0) is 13.8 Å². The fraction of sp³-hybridized carbons (Fsp3) is 0.455. The van der Waals surface area contributed by atoms with E-state index in [1.165, 1.54) is 9.58 Å². The predicted octanol–water partition coefficient (Wildman–Crippen LogP) is -1.20. The highest BCUT2D eigenvalue weighted by molar-refractivity contribution is 6.08. The van der Waals surface area contributed by atoms with Crippen LogP contribution in [0.5, 0.6) is 0 Å². The molecule has 1 fully saturated rings. The monoisotopic (exact) mass is 265 g/mol. The van der Waals surface area contributed by atoms with E-state index in [0.29, 0.717) is 5.69 Å². The number of hydrogen-bond donors (Lipinski definition) is 2. The van der Waals surface area contributed by atoms with Crippen molar-refractivity contribution < 1.29 is 14.4 Å². The van der Waals surface area contributed by atoms with Crippen LogP contribution in [0.3, 0.4) is 0 Å². The van der Waals surface area contributed by atoms with Crippen molar-refractivity contribution >= 4 is 23.4 Å². The molecule has 102 valence electrons. The van der Waals surface area contributed by atoms with Crippen LogP contribution in [-0.4, -0.2) is 45.0 Å². The maximum atomic E-state index is 12.4. The van der Waals surface area contributed by atoms with E-state index in [-0.39, 0.29) is 17.9 Å². The molecule has 1 aromatic rings. The van der Waals surface area contributed by atoms with Gasteiger partial charge in [0, 0.05) is 7.05 Å². The summed E-state index contributed by atoms with van der Waals surface area (Å²) >= 11 is 0. The molecule has 1 aliphatic rings. The van der Waals surface area contributed by atoms with Crippen LogP contribution in [0.15, 0.2) is 0 Å². The number of aromatic nitrogens is 2. The molecule has 0 saturated carbocycles. The average Bonchev–Trinajstić information content (AvgIpc) is 2.57. The Morgan fingerprint density at radius 1 is 1.47 bits per heavy atom. The summed E-state index contributed by atoms with van der Waals surface area (Å²) in [7, 11) is 1.59. The van der Waals surface area contributed by atoms with E-state index in [1.807, 2.05) is 0 Å². The molecule has 0 spiro atoms. The Morgan fingerprint density at radius 3 is 2.63 bits per heavy atom. The Hall–Kier alpha value is -2.38. The molecule has 1 aliphatic heterocycles. The first-order chi connectivity index (χ1) is 8.82. The number of hydrogen-bond acceptors (Lipinski definition) is 5. The lowest BCUT2D eigenvalue weighted by atomic mass is 10.1. The van der Waals surface area contributed by atoms with Gasteiger partial charge in [0.2, 0.25) is 11.8 Å². The number of aryl methyl sites for hydroxylation is 2. The van der Waals surface area contributed by atoms with Gasteiger partial charge in [-0.1, -0.05) is 0 Å². The first kappa shape index (κ1) is 13.1. The van der Waals surface area contributed by atoms with E-state index in [0.717, 1.165) is 0 Å². The second-order valence-electron chi connectivity index (χ2n) is 4.49. The van der Waals surface area contributed by atoms with Gasteiger partial charge in [0.05, 0.1) is 11.4 Å². The molecule has 8 nitrogen and oxygen atoms in total. The predicted molar refractivity (Wildman–Crippen MR) is 66.0 cm³/mol. The van der Waals surface area contributed by atoms with Gasteiger partial charge >= 0.3 is 0 Å². The summed E-state index contributed by atoms with van der Waals surface area (Å²) in [5.74, 6) is -1.48. The Kier molecular flexibility index (Phi) is 3.01. The number of carbonyl (C=O) groups is 3. The van der Waals surface area contributed by atoms with Crippen LogP contribution in [0.1, 0.15) is 23.1 Å². The van der Waals surface area contributed by atoms with Crippen molar-refractivity contribution in [3.8, 4) is 0 Å². The highest BCUT2D eigenvalue weighted by atomic mass is 16.2. The fourth-order valence-corrected chi connectivity index (χ4v) is 2.03. The van der Waals surface area contributed by atoms with Crippen molar-refractivity contribution in [2.24, 2.45) is 7.05 Å². The summed E-state index contributed by atoms with van der Waals surface area (Å²) in [4.78, 5) is 36.5.